The molecule has 0 fully saturated rings. The molecule has 8 nitrogen and oxygen atoms in total. The van der Waals surface area contributed by atoms with Crippen LogP contribution in [0.15, 0.2) is 90.1 Å². The second kappa shape index (κ2) is 9.40. The summed E-state index contributed by atoms with van der Waals surface area (Å²) in [6.45, 7) is 0. The molecule has 0 unspecified atom stereocenters. The minimum Gasteiger partial charge on any atom is -0.465 e. The van der Waals surface area contributed by atoms with Gasteiger partial charge in [-0.2, -0.15) is 0 Å². The van der Waals surface area contributed by atoms with E-state index in [2.05, 4.69) is 20.9 Å². The van der Waals surface area contributed by atoms with Crippen LogP contribution in [0, 0.1) is 0 Å². The number of nitrogens with zero attached hydrogens (tertiary/aromatic N) is 3. The van der Waals surface area contributed by atoms with Crippen molar-refractivity contribution in [1.29, 1.82) is 0 Å². The Morgan fingerprint density at radius 2 is 1.62 bits per heavy atom. The van der Waals surface area contributed by atoms with E-state index in [0.29, 0.717) is 22.2 Å². The molecule has 0 spiro atoms. The zero-order valence-electron chi connectivity index (χ0n) is 18.2. The summed E-state index contributed by atoms with van der Waals surface area (Å²) in [5.74, 6) is 0.0748. The fourth-order valence-electron chi connectivity index (χ4n) is 3.76. The summed E-state index contributed by atoms with van der Waals surface area (Å²) < 4.78 is 6.62. The first-order chi connectivity index (χ1) is 16.6. The molecule has 0 saturated heterocycles. The number of thioether (sulfide) groups is 1. The summed E-state index contributed by atoms with van der Waals surface area (Å²) in [5.41, 5.74) is 6.33. The van der Waals surface area contributed by atoms with Gasteiger partial charge in [-0.25, -0.2) is 9.47 Å². The van der Waals surface area contributed by atoms with Crippen molar-refractivity contribution in [2.24, 2.45) is 0 Å². The molecule has 3 aromatic carbocycles. The second-order valence-electron chi connectivity index (χ2n) is 7.62. The van der Waals surface area contributed by atoms with Crippen LogP contribution in [-0.2, 0) is 9.53 Å². The third-order valence-corrected chi connectivity index (χ3v) is 6.67. The monoisotopic (exact) mass is 471 g/mol. The largest absolute Gasteiger partial charge is 0.465 e. The number of aromatic nitrogens is 3. The molecule has 170 valence electrons. The predicted molar refractivity (Wildman–Crippen MR) is 130 cm³/mol. The highest BCUT2D eigenvalue weighted by atomic mass is 32.2. The van der Waals surface area contributed by atoms with Crippen LogP contribution in [0.1, 0.15) is 22.0 Å². The first-order valence-corrected chi connectivity index (χ1v) is 11.5. The maximum Gasteiger partial charge on any atom is 0.337 e. The van der Waals surface area contributed by atoms with Crippen LogP contribution in [-0.4, -0.2) is 39.1 Å². The van der Waals surface area contributed by atoms with Crippen molar-refractivity contribution in [1.82, 2.24) is 14.9 Å². The highest BCUT2D eigenvalue weighted by molar-refractivity contribution is 8.00. The van der Waals surface area contributed by atoms with Gasteiger partial charge in [-0.3, -0.25) is 4.79 Å². The Hall–Kier alpha value is -4.11. The summed E-state index contributed by atoms with van der Waals surface area (Å²) in [4.78, 5) is 25.2. The Kier molecular flexibility index (Phi) is 6.01. The summed E-state index contributed by atoms with van der Waals surface area (Å²) >= 11 is 1.34. The zero-order chi connectivity index (χ0) is 23.5. The van der Waals surface area contributed by atoms with Crippen molar-refractivity contribution in [2.45, 2.75) is 16.4 Å². The number of para-hydroxylation sites is 1. The summed E-state index contributed by atoms with van der Waals surface area (Å²) in [7, 11) is 1.35. The molecule has 2 heterocycles. The molecule has 0 radical (unpaired) electrons. The van der Waals surface area contributed by atoms with Crippen LogP contribution in [0.2, 0.25) is 0 Å². The lowest BCUT2D eigenvalue weighted by atomic mass is 10.0. The molecule has 9 heteroatoms. The standard InChI is InChI=1S/C25H21N5O3S/c1-33-24(32)18-14-12-16(13-15-18)20-21(23(31)26-19-10-6-3-7-11-19)34-25-28-27-22(30(25)29-20)17-8-4-2-5-9-17/h2-15,20-21,29H,1H3,(H,26,31)/t20-,21-/m1/s1. The second-order valence-corrected chi connectivity index (χ2v) is 8.73. The number of methoxy groups -OCH3 is 1. The number of fused-ring (bicyclic) bond motifs is 1. The molecule has 1 aromatic heterocycles. The van der Waals surface area contributed by atoms with Crippen molar-refractivity contribution in [3.63, 3.8) is 0 Å². The van der Waals surface area contributed by atoms with Crippen LogP contribution < -0.4 is 10.7 Å². The van der Waals surface area contributed by atoms with E-state index in [-0.39, 0.29) is 5.91 Å². The molecule has 1 amide bonds. The van der Waals surface area contributed by atoms with Gasteiger partial charge in [0.05, 0.1) is 18.7 Å². The summed E-state index contributed by atoms with van der Waals surface area (Å²) in [6, 6.07) is 25.7. The van der Waals surface area contributed by atoms with Crippen LogP contribution in [0.4, 0.5) is 5.69 Å². The maximum absolute atomic E-state index is 13.4. The third-order valence-electron chi connectivity index (χ3n) is 5.46. The fourth-order valence-corrected chi connectivity index (χ4v) is 4.84. The van der Waals surface area contributed by atoms with E-state index in [1.807, 2.05) is 77.5 Å². The highest BCUT2D eigenvalue weighted by Crippen LogP contribution is 2.39. The van der Waals surface area contributed by atoms with Crippen LogP contribution in [0.25, 0.3) is 11.4 Å². The summed E-state index contributed by atoms with van der Waals surface area (Å²) in [6.07, 6.45) is 0. The first-order valence-electron chi connectivity index (χ1n) is 10.6. The number of esters is 1. The molecular formula is C25H21N5O3S. The topological polar surface area (TPSA) is 98.1 Å². The average molecular weight is 472 g/mol. The molecule has 5 rings (SSSR count). The average Bonchev–Trinajstić information content (AvgIpc) is 3.31. The Labute approximate surface area is 200 Å². The molecule has 1 aliphatic rings. The molecule has 1 aliphatic heterocycles. The van der Waals surface area contributed by atoms with E-state index < -0.39 is 17.3 Å². The number of ether oxygens (including phenoxy) is 1. The van der Waals surface area contributed by atoms with E-state index in [0.717, 1.165) is 11.1 Å². The van der Waals surface area contributed by atoms with Crippen molar-refractivity contribution in [3.05, 3.63) is 96.1 Å². The lowest BCUT2D eigenvalue weighted by Crippen LogP contribution is -2.41. The molecule has 34 heavy (non-hydrogen) atoms. The number of hydrogen-bond acceptors (Lipinski definition) is 7. The van der Waals surface area contributed by atoms with Gasteiger partial charge in [-0.15, -0.1) is 10.2 Å². The third kappa shape index (κ3) is 4.25. The van der Waals surface area contributed by atoms with Gasteiger partial charge in [0.15, 0.2) is 5.82 Å². The van der Waals surface area contributed by atoms with Gasteiger partial charge in [-0.05, 0) is 29.8 Å². The number of carbonyl (C=O) groups is 2. The van der Waals surface area contributed by atoms with E-state index in [9.17, 15) is 9.59 Å². The maximum atomic E-state index is 13.4. The molecule has 2 N–H and O–H groups in total. The quantitative estimate of drug-likeness (QED) is 0.422. The van der Waals surface area contributed by atoms with Gasteiger partial charge < -0.3 is 15.5 Å². The summed E-state index contributed by atoms with van der Waals surface area (Å²) in [5, 5.41) is 11.7. The fraction of sp³-hybridized carbons (Fsp3) is 0.120. The van der Waals surface area contributed by atoms with E-state index in [1.54, 1.807) is 12.1 Å². The van der Waals surface area contributed by atoms with Crippen molar-refractivity contribution < 1.29 is 14.3 Å². The van der Waals surface area contributed by atoms with Crippen molar-refractivity contribution in [2.75, 3.05) is 17.9 Å². The van der Waals surface area contributed by atoms with Crippen LogP contribution in [0.3, 0.4) is 0 Å². The number of amides is 1. The Bertz CT molecular complexity index is 1310. The normalized spacial score (nSPS) is 16.7. The number of nitrogens with one attached hydrogen (secondary N) is 2. The van der Waals surface area contributed by atoms with Gasteiger partial charge in [0.2, 0.25) is 11.1 Å². The predicted octanol–water partition coefficient (Wildman–Crippen LogP) is 4.13. The number of rotatable bonds is 5. The van der Waals surface area contributed by atoms with Gasteiger partial charge >= 0.3 is 5.97 Å². The van der Waals surface area contributed by atoms with Gasteiger partial charge in [0.1, 0.15) is 5.25 Å². The Morgan fingerprint density at radius 3 is 2.29 bits per heavy atom. The Morgan fingerprint density at radius 1 is 0.941 bits per heavy atom. The van der Waals surface area contributed by atoms with Crippen molar-refractivity contribution >= 4 is 29.3 Å². The lowest BCUT2D eigenvalue weighted by molar-refractivity contribution is -0.116. The van der Waals surface area contributed by atoms with Gasteiger partial charge in [0, 0.05) is 11.3 Å². The van der Waals surface area contributed by atoms with Crippen LogP contribution >= 0.6 is 11.8 Å². The lowest BCUT2D eigenvalue weighted by Gasteiger charge is -2.33. The molecule has 0 bridgehead atoms. The van der Waals surface area contributed by atoms with Gasteiger partial charge in [-0.1, -0.05) is 72.4 Å². The van der Waals surface area contributed by atoms with E-state index in [1.165, 1.54) is 18.9 Å². The van der Waals surface area contributed by atoms with E-state index in [4.69, 9.17) is 4.74 Å². The van der Waals surface area contributed by atoms with Crippen molar-refractivity contribution in [3.8, 4) is 11.4 Å². The number of benzene rings is 3. The zero-order valence-corrected chi connectivity index (χ0v) is 19.0. The first kappa shape index (κ1) is 21.7. The van der Waals surface area contributed by atoms with E-state index >= 15 is 0 Å². The van der Waals surface area contributed by atoms with Gasteiger partial charge in [0.25, 0.3) is 0 Å². The van der Waals surface area contributed by atoms with Crippen LogP contribution in [0.5, 0.6) is 0 Å². The Balaban J connectivity index is 1.51. The molecular weight excluding hydrogens is 450 g/mol. The number of hydrogen-bond donors (Lipinski definition) is 2. The SMILES string of the molecule is COC(=O)c1ccc([C@H]2Nn3c(nnc3-c3ccccc3)S[C@H]2C(=O)Nc2ccccc2)cc1. The molecule has 0 aliphatic carbocycles. The molecule has 4 aromatic rings. The number of carbonyl (C=O) groups excluding carboxylic acids is 2. The highest BCUT2D eigenvalue weighted by Gasteiger charge is 2.38. The number of anilines is 1. The molecule has 2 atom stereocenters. The smallest absolute Gasteiger partial charge is 0.337 e. The minimum atomic E-state index is -0.537. The molecule has 0 saturated carbocycles. The minimum absolute atomic E-state index is 0.166.